The fourth-order valence-electron chi connectivity index (χ4n) is 3.76. The predicted octanol–water partition coefficient (Wildman–Crippen LogP) is 3.08. The predicted molar refractivity (Wildman–Crippen MR) is 137 cm³/mol. The van der Waals surface area contributed by atoms with Crippen molar-refractivity contribution in [2.75, 3.05) is 47.7 Å². The first kappa shape index (κ1) is 23.7. The third-order valence-corrected chi connectivity index (χ3v) is 5.97. The lowest BCUT2D eigenvalue weighted by Crippen LogP contribution is -2.44. The summed E-state index contributed by atoms with van der Waals surface area (Å²) in [6, 6.07) is 9.63. The number of carbonyl (C=O) groups excluding carboxylic acids is 2. The number of fused-ring (bicyclic) bond motifs is 1. The Kier molecular flexibility index (Phi) is 6.85. The fourth-order valence-corrected chi connectivity index (χ4v) is 3.96. The molecule has 1 fully saturated rings. The number of aromatic amines is 1. The number of likely N-dealkylation sites (N-methyl/N-ethyl adjacent to an activating group) is 1. The first-order valence-corrected chi connectivity index (χ1v) is 11.5. The largest absolute Gasteiger partial charge is 0.489 e. The quantitative estimate of drug-likeness (QED) is 0.400. The minimum Gasteiger partial charge on any atom is -0.489 e. The average Bonchev–Trinajstić information content (AvgIpc) is 3.24. The first-order valence-electron chi connectivity index (χ1n) is 11.1. The highest BCUT2D eigenvalue weighted by molar-refractivity contribution is 7.82. The molecule has 0 unspecified atom stereocenters. The number of hydrogen-bond donors (Lipinski definition) is 4. The molecule has 4 rings (SSSR count). The van der Waals surface area contributed by atoms with Crippen LogP contribution in [-0.4, -0.2) is 66.1 Å². The van der Waals surface area contributed by atoms with Crippen LogP contribution < -0.4 is 25.0 Å². The second-order valence-corrected chi connectivity index (χ2v) is 8.91. The summed E-state index contributed by atoms with van der Waals surface area (Å²) in [7, 11) is 2.10. The summed E-state index contributed by atoms with van der Waals surface area (Å²) >= 11 is 4.39. The van der Waals surface area contributed by atoms with E-state index in [1.165, 1.54) is 6.07 Å². The Morgan fingerprint density at radius 1 is 1.21 bits per heavy atom. The third-order valence-electron chi connectivity index (χ3n) is 5.57. The number of rotatable bonds is 6. The monoisotopic (exact) mass is 483 g/mol. The highest BCUT2D eigenvalue weighted by atomic mass is 32.1. The van der Waals surface area contributed by atoms with Crippen molar-refractivity contribution < 1.29 is 14.3 Å². The Morgan fingerprint density at radius 2 is 1.94 bits per heavy atom. The maximum atomic E-state index is 13.1. The molecule has 3 amide bonds. The van der Waals surface area contributed by atoms with Gasteiger partial charge in [0.1, 0.15) is 11.3 Å². The molecular weight excluding hydrogens is 454 g/mol. The van der Waals surface area contributed by atoms with Crippen LogP contribution in [0.1, 0.15) is 24.2 Å². The molecule has 0 radical (unpaired) electrons. The van der Waals surface area contributed by atoms with Crippen molar-refractivity contribution in [1.82, 2.24) is 14.9 Å². The molecule has 34 heavy (non-hydrogen) atoms. The number of primary amides is 1. The van der Waals surface area contributed by atoms with Crippen molar-refractivity contribution >= 4 is 53.1 Å². The van der Waals surface area contributed by atoms with E-state index in [2.05, 4.69) is 40.0 Å². The van der Waals surface area contributed by atoms with Gasteiger partial charge in [-0.05, 0) is 51.2 Å². The van der Waals surface area contributed by atoms with E-state index in [0.717, 1.165) is 41.9 Å². The van der Waals surface area contributed by atoms with Crippen LogP contribution in [0.15, 0.2) is 36.4 Å². The van der Waals surface area contributed by atoms with E-state index in [1.54, 1.807) is 18.2 Å². The maximum Gasteiger partial charge on any atom is 0.336 e. The van der Waals surface area contributed by atoms with Gasteiger partial charge in [-0.3, -0.25) is 4.79 Å². The first-order chi connectivity index (χ1) is 16.2. The number of amides is 3. The summed E-state index contributed by atoms with van der Waals surface area (Å²) in [5.41, 5.74) is 7.97. The zero-order valence-electron chi connectivity index (χ0n) is 19.4. The van der Waals surface area contributed by atoms with E-state index in [1.807, 2.05) is 26.0 Å². The van der Waals surface area contributed by atoms with E-state index in [9.17, 15) is 9.59 Å². The van der Waals surface area contributed by atoms with Gasteiger partial charge in [-0.2, -0.15) is 0 Å². The molecule has 4 N–H and O–H groups in total. The molecule has 180 valence electrons. The number of ether oxygens (including phenoxy) is 1. The summed E-state index contributed by atoms with van der Waals surface area (Å²) in [6.45, 7) is 7.39. The van der Waals surface area contributed by atoms with Gasteiger partial charge in [-0.1, -0.05) is 18.9 Å². The van der Waals surface area contributed by atoms with Crippen molar-refractivity contribution in [3.63, 3.8) is 0 Å². The SMILES string of the molecule is CC(C)Oc1ccc(C(N)=O)cc1N(S)C(=O)Nc1cccc2[nH]c(N3CCN(C)CC3)nc12. The number of hydrogen-bond acceptors (Lipinski definition) is 7. The van der Waals surface area contributed by atoms with Crippen molar-refractivity contribution in [3.8, 4) is 5.75 Å². The highest BCUT2D eigenvalue weighted by Crippen LogP contribution is 2.33. The second-order valence-electron chi connectivity index (χ2n) is 8.51. The van der Waals surface area contributed by atoms with Gasteiger partial charge in [0.2, 0.25) is 11.9 Å². The minimum atomic E-state index is -0.614. The number of piperazine rings is 1. The Hall–Kier alpha value is -3.44. The molecule has 10 nitrogen and oxygen atoms in total. The van der Waals surface area contributed by atoms with Crippen molar-refractivity contribution in [3.05, 3.63) is 42.0 Å². The average molecular weight is 484 g/mol. The lowest BCUT2D eigenvalue weighted by atomic mass is 10.1. The van der Waals surface area contributed by atoms with Crippen LogP contribution in [0.25, 0.3) is 11.0 Å². The lowest BCUT2D eigenvalue weighted by molar-refractivity contribution is 0.1000. The smallest absolute Gasteiger partial charge is 0.336 e. The molecule has 2 aromatic carbocycles. The van der Waals surface area contributed by atoms with Gasteiger partial charge in [0.05, 0.1) is 23.0 Å². The molecule has 3 aromatic rings. The molecule has 0 bridgehead atoms. The van der Waals surface area contributed by atoms with Gasteiger partial charge in [0, 0.05) is 31.7 Å². The second kappa shape index (κ2) is 9.82. The zero-order chi connectivity index (χ0) is 24.4. The van der Waals surface area contributed by atoms with E-state index in [4.69, 9.17) is 15.5 Å². The molecule has 1 aromatic heterocycles. The zero-order valence-corrected chi connectivity index (χ0v) is 20.3. The van der Waals surface area contributed by atoms with Gasteiger partial charge >= 0.3 is 6.03 Å². The molecule has 0 spiro atoms. The Bertz CT molecular complexity index is 1200. The Labute approximate surface area is 203 Å². The van der Waals surface area contributed by atoms with Crippen LogP contribution in [0.4, 0.5) is 22.1 Å². The van der Waals surface area contributed by atoms with E-state index in [0.29, 0.717) is 22.6 Å². The van der Waals surface area contributed by atoms with Gasteiger partial charge in [0.25, 0.3) is 0 Å². The van der Waals surface area contributed by atoms with E-state index < -0.39 is 11.9 Å². The minimum absolute atomic E-state index is 0.145. The van der Waals surface area contributed by atoms with Crippen molar-refractivity contribution in [1.29, 1.82) is 0 Å². The molecular formula is C23H29N7O3S. The Morgan fingerprint density at radius 3 is 2.62 bits per heavy atom. The summed E-state index contributed by atoms with van der Waals surface area (Å²) in [5.74, 6) is 0.562. The summed E-state index contributed by atoms with van der Waals surface area (Å²) in [5, 5.41) is 2.87. The van der Waals surface area contributed by atoms with Gasteiger partial charge in [-0.15, -0.1) is 0 Å². The number of thiol groups is 1. The molecule has 0 aliphatic carbocycles. The highest BCUT2D eigenvalue weighted by Gasteiger charge is 2.22. The normalized spacial score (nSPS) is 14.4. The molecule has 0 saturated carbocycles. The van der Waals surface area contributed by atoms with Gasteiger partial charge in [-0.25, -0.2) is 14.1 Å². The molecule has 11 heteroatoms. The molecule has 2 heterocycles. The topological polar surface area (TPSA) is 120 Å². The Balaban J connectivity index is 1.59. The number of H-pyrrole nitrogens is 1. The number of nitrogens with one attached hydrogen (secondary N) is 2. The van der Waals surface area contributed by atoms with Crippen LogP contribution >= 0.6 is 12.8 Å². The van der Waals surface area contributed by atoms with Crippen molar-refractivity contribution in [2.45, 2.75) is 20.0 Å². The van der Waals surface area contributed by atoms with Crippen LogP contribution in [0.3, 0.4) is 0 Å². The van der Waals surface area contributed by atoms with Gasteiger partial charge < -0.3 is 30.6 Å². The van der Waals surface area contributed by atoms with E-state index >= 15 is 0 Å². The van der Waals surface area contributed by atoms with Crippen LogP contribution in [0.2, 0.25) is 0 Å². The molecule has 1 aliphatic rings. The number of carbonyl (C=O) groups is 2. The van der Waals surface area contributed by atoms with Crippen LogP contribution in [0, 0.1) is 0 Å². The van der Waals surface area contributed by atoms with Crippen LogP contribution in [0.5, 0.6) is 5.75 Å². The van der Waals surface area contributed by atoms with E-state index in [-0.39, 0.29) is 11.7 Å². The number of aromatic nitrogens is 2. The number of imidazole rings is 1. The molecule has 1 aliphatic heterocycles. The number of para-hydroxylation sites is 1. The summed E-state index contributed by atoms with van der Waals surface area (Å²) in [4.78, 5) is 37.4. The molecule has 1 saturated heterocycles. The molecule has 0 atom stereocenters. The fraction of sp³-hybridized carbons (Fsp3) is 0.348. The third kappa shape index (κ3) is 5.05. The maximum absolute atomic E-state index is 13.1. The van der Waals surface area contributed by atoms with Crippen molar-refractivity contribution in [2.24, 2.45) is 5.73 Å². The number of nitrogens with two attached hydrogens (primary N) is 1. The lowest BCUT2D eigenvalue weighted by Gasteiger charge is -2.32. The number of nitrogens with zero attached hydrogens (tertiary/aromatic N) is 4. The number of urea groups is 1. The number of anilines is 3. The summed E-state index contributed by atoms with van der Waals surface area (Å²) in [6.07, 6.45) is -0.145. The summed E-state index contributed by atoms with van der Waals surface area (Å²) < 4.78 is 6.90. The van der Waals surface area contributed by atoms with Gasteiger partial charge in [0.15, 0.2) is 0 Å². The standard InChI is InChI=1S/C23H29N7O3S/c1-14(2)33-19-8-7-15(21(24)31)13-18(19)30(34)23(32)26-17-6-4-5-16-20(17)27-22(25-16)29-11-9-28(3)10-12-29/h4-8,13-14,34H,9-12H2,1-3H3,(H2,24,31)(H,25,27)(H,26,32). The number of benzene rings is 2. The van der Waals surface area contributed by atoms with Crippen LogP contribution in [-0.2, 0) is 0 Å².